The summed E-state index contributed by atoms with van der Waals surface area (Å²) >= 11 is 0. The lowest BCUT2D eigenvalue weighted by Crippen LogP contribution is -2.40. The van der Waals surface area contributed by atoms with Crippen LogP contribution >= 0.6 is 0 Å². The normalized spacial score (nSPS) is 29.0. The largest absolute Gasteiger partial charge is 0.310 e. The van der Waals surface area contributed by atoms with Crippen LogP contribution in [0.25, 0.3) is 0 Å². The molecule has 1 aliphatic rings. The van der Waals surface area contributed by atoms with E-state index in [2.05, 4.69) is 0 Å². The average molecular weight is 184 g/mol. The topological polar surface area (TPSA) is 0 Å². The molecule has 0 aliphatic heterocycles. The third-order valence-corrected chi connectivity index (χ3v) is 2.27. The van der Waals surface area contributed by atoms with E-state index < -0.39 is 24.7 Å². The molecule has 0 nitrogen and oxygen atoms in total. The molecule has 1 aliphatic carbocycles. The van der Waals surface area contributed by atoms with Crippen molar-refractivity contribution in [1.82, 2.24) is 0 Å². The summed E-state index contributed by atoms with van der Waals surface area (Å²) < 4.78 is 50.7. The minimum absolute atomic E-state index is 0.211. The molecule has 1 rings (SSSR count). The maximum atomic E-state index is 12.7. The van der Waals surface area contributed by atoms with Crippen LogP contribution in [-0.2, 0) is 0 Å². The SMILES string of the molecule is FC1(F)CCCCCCC1(F)F. The molecule has 0 N–H and O–H groups in total. The molecular weight excluding hydrogens is 172 g/mol. The molecule has 0 radical (unpaired) electrons. The summed E-state index contributed by atoms with van der Waals surface area (Å²) in [6.45, 7) is 0. The van der Waals surface area contributed by atoms with E-state index in [1.807, 2.05) is 0 Å². The molecule has 1 fully saturated rings. The van der Waals surface area contributed by atoms with Crippen molar-refractivity contribution in [2.24, 2.45) is 0 Å². The average Bonchev–Trinajstić information content (AvgIpc) is 1.94. The zero-order chi connectivity index (χ0) is 9.24. The maximum Gasteiger partial charge on any atom is 0.310 e. The highest BCUT2D eigenvalue weighted by atomic mass is 19.3. The van der Waals surface area contributed by atoms with Gasteiger partial charge in [-0.1, -0.05) is 12.8 Å². The van der Waals surface area contributed by atoms with Gasteiger partial charge in [-0.05, 0) is 12.8 Å². The molecule has 0 heterocycles. The fourth-order valence-electron chi connectivity index (χ4n) is 1.41. The molecule has 12 heavy (non-hydrogen) atoms. The molecule has 0 amide bonds. The number of rotatable bonds is 0. The van der Waals surface area contributed by atoms with Crippen LogP contribution in [-0.4, -0.2) is 11.8 Å². The summed E-state index contributed by atoms with van der Waals surface area (Å²) in [5, 5.41) is 0. The van der Waals surface area contributed by atoms with Crippen molar-refractivity contribution in [2.45, 2.75) is 50.4 Å². The number of alkyl halides is 4. The molecule has 0 aromatic rings. The molecule has 0 saturated heterocycles. The summed E-state index contributed by atoms with van der Waals surface area (Å²) in [5.41, 5.74) is 0. The van der Waals surface area contributed by atoms with Gasteiger partial charge in [0.15, 0.2) is 0 Å². The van der Waals surface area contributed by atoms with Crippen LogP contribution in [0.3, 0.4) is 0 Å². The Morgan fingerprint density at radius 1 is 0.583 bits per heavy atom. The third-order valence-electron chi connectivity index (χ3n) is 2.27. The lowest BCUT2D eigenvalue weighted by molar-refractivity contribution is -0.218. The molecule has 1 saturated carbocycles. The van der Waals surface area contributed by atoms with Crippen LogP contribution in [0, 0.1) is 0 Å². The van der Waals surface area contributed by atoms with E-state index in [4.69, 9.17) is 0 Å². The van der Waals surface area contributed by atoms with Crippen molar-refractivity contribution in [3.8, 4) is 0 Å². The summed E-state index contributed by atoms with van der Waals surface area (Å²) in [6.07, 6.45) is 0.377. The van der Waals surface area contributed by atoms with Crippen LogP contribution in [0.15, 0.2) is 0 Å². The first-order valence-corrected chi connectivity index (χ1v) is 4.21. The summed E-state index contributed by atoms with van der Waals surface area (Å²) in [7, 11) is 0. The zero-order valence-corrected chi connectivity index (χ0v) is 6.75. The summed E-state index contributed by atoms with van der Waals surface area (Å²) in [5.74, 6) is -7.57. The molecule has 0 atom stereocenters. The lowest BCUT2D eigenvalue weighted by atomic mass is 9.95. The molecular formula is C8H12F4. The molecule has 72 valence electrons. The Hall–Kier alpha value is -0.280. The van der Waals surface area contributed by atoms with Gasteiger partial charge in [-0.25, -0.2) is 0 Å². The van der Waals surface area contributed by atoms with Gasteiger partial charge < -0.3 is 0 Å². The maximum absolute atomic E-state index is 12.7. The molecule has 0 bridgehead atoms. The first kappa shape index (κ1) is 9.81. The number of hydrogen-bond acceptors (Lipinski definition) is 0. The molecule has 0 aromatic carbocycles. The van der Waals surface area contributed by atoms with E-state index >= 15 is 0 Å². The van der Waals surface area contributed by atoms with Gasteiger partial charge in [0.05, 0.1) is 0 Å². The Labute approximate surface area is 69.0 Å². The van der Waals surface area contributed by atoms with E-state index in [1.165, 1.54) is 0 Å². The second-order valence-electron chi connectivity index (χ2n) is 3.32. The highest BCUT2D eigenvalue weighted by Crippen LogP contribution is 2.43. The van der Waals surface area contributed by atoms with Gasteiger partial charge in [-0.15, -0.1) is 0 Å². The molecule has 0 spiro atoms. The predicted molar refractivity (Wildman–Crippen MR) is 37.6 cm³/mol. The first-order valence-electron chi connectivity index (χ1n) is 4.21. The van der Waals surface area contributed by atoms with E-state index in [0.29, 0.717) is 12.8 Å². The first-order chi connectivity index (χ1) is 5.46. The van der Waals surface area contributed by atoms with Crippen molar-refractivity contribution in [2.75, 3.05) is 0 Å². The van der Waals surface area contributed by atoms with Gasteiger partial charge in [0, 0.05) is 12.8 Å². The second-order valence-corrected chi connectivity index (χ2v) is 3.32. The van der Waals surface area contributed by atoms with Crippen molar-refractivity contribution >= 4 is 0 Å². The Morgan fingerprint density at radius 2 is 0.917 bits per heavy atom. The van der Waals surface area contributed by atoms with Gasteiger partial charge in [0.2, 0.25) is 0 Å². The fraction of sp³-hybridized carbons (Fsp3) is 1.00. The van der Waals surface area contributed by atoms with Crippen molar-refractivity contribution in [3.63, 3.8) is 0 Å². The Balaban J connectivity index is 2.66. The van der Waals surface area contributed by atoms with Gasteiger partial charge in [0.1, 0.15) is 0 Å². The van der Waals surface area contributed by atoms with Crippen molar-refractivity contribution in [1.29, 1.82) is 0 Å². The van der Waals surface area contributed by atoms with Crippen molar-refractivity contribution in [3.05, 3.63) is 0 Å². The zero-order valence-electron chi connectivity index (χ0n) is 6.75. The van der Waals surface area contributed by atoms with E-state index in [-0.39, 0.29) is 12.8 Å². The minimum atomic E-state index is -3.78. The van der Waals surface area contributed by atoms with E-state index in [9.17, 15) is 17.6 Å². The van der Waals surface area contributed by atoms with Gasteiger partial charge in [0.25, 0.3) is 0 Å². The van der Waals surface area contributed by atoms with Gasteiger partial charge in [-0.2, -0.15) is 17.6 Å². The summed E-state index contributed by atoms with van der Waals surface area (Å²) in [4.78, 5) is 0. The van der Waals surface area contributed by atoms with Gasteiger partial charge >= 0.3 is 11.8 Å². The Kier molecular flexibility index (Phi) is 2.64. The number of halogens is 4. The second kappa shape index (κ2) is 3.23. The Bertz CT molecular complexity index is 135. The van der Waals surface area contributed by atoms with E-state index in [0.717, 1.165) is 0 Å². The highest BCUT2D eigenvalue weighted by molar-refractivity contribution is 4.85. The quantitative estimate of drug-likeness (QED) is 0.504. The third kappa shape index (κ3) is 1.90. The standard InChI is InChI=1S/C8H12F4/c9-7(10)5-3-1-2-4-6-8(7,11)12/h1-6H2. The lowest BCUT2D eigenvalue weighted by Gasteiger charge is -2.28. The van der Waals surface area contributed by atoms with Crippen LogP contribution in [0.1, 0.15) is 38.5 Å². The van der Waals surface area contributed by atoms with Crippen LogP contribution < -0.4 is 0 Å². The van der Waals surface area contributed by atoms with Crippen LogP contribution in [0.2, 0.25) is 0 Å². The molecule has 4 heteroatoms. The van der Waals surface area contributed by atoms with Crippen molar-refractivity contribution < 1.29 is 17.6 Å². The molecule has 0 unspecified atom stereocenters. The highest BCUT2D eigenvalue weighted by Gasteiger charge is 2.54. The smallest absolute Gasteiger partial charge is 0.200 e. The van der Waals surface area contributed by atoms with E-state index in [1.54, 1.807) is 0 Å². The monoisotopic (exact) mass is 184 g/mol. The van der Waals surface area contributed by atoms with Gasteiger partial charge in [-0.3, -0.25) is 0 Å². The van der Waals surface area contributed by atoms with Crippen LogP contribution in [0.4, 0.5) is 17.6 Å². The number of hydrogen-bond donors (Lipinski definition) is 0. The predicted octanol–water partition coefficient (Wildman–Crippen LogP) is 3.61. The van der Waals surface area contributed by atoms with Crippen LogP contribution in [0.5, 0.6) is 0 Å². The summed E-state index contributed by atoms with van der Waals surface area (Å²) in [6, 6.07) is 0. The fourth-order valence-corrected chi connectivity index (χ4v) is 1.41. The Morgan fingerprint density at radius 3 is 1.25 bits per heavy atom. The molecule has 0 aromatic heterocycles. The minimum Gasteiger partial charge on any atom is -0.200 e.